The highest BCUT2D eigenvalue weighted by Gasteiger charge is 2.26. The number of hydrogen-bond donors (Lipinski definition) is 1. The lowest BCUT2D eigenvalue weighted by Gasteiger charge is -2.19. The number of methoxy groups -OCH3 is 1. The van der Waals surface area contributed by atoms with Gasteiger partial charge in [-0.2, -0.15) is 4.98 Å². The van der Waals surface area contributed by atoms with Crippen LogP contribution >= 0.6 is 11.8 Å². The van der Waals surface area contributed by atoms with Crippen molar-refractivity contribution in [3.8, 4) is 17.1 Å². The van der Waals surface area contributed by atoms with Gasteiger partial charge in [0.05, 0.1) is 12.7 Å². The van der Waals surface area contributed by atoms with Crippen molar-refractivity contribution in [2.45, 2.75) is 24.1 Å². The summed E-state index contributed by atoms with van der Waals surface area (Å²) in [6.07, 6.45) is -0.527. The van der Waals surface area contributed by atoms with Crippen LogP contribution in [0.3, 0.4) is 0 Å². The molecular formula is C26H22N4O3S. The summed E-state index contributed by atoms with van der Waals surface area (Å²) in [7, 11) is 1.36. The molecule has 1 aliphatic heterocycles. The summed E-state index contributed by atoms with van der Waals surface area (Å²) in [6, 6.07) is 23.3. The number of anilines is 1. The fourth-order valence-corrected chi connectivity index (χ4v) is 4.34. The number of nitrogens with one attached hydrogen (secondary N) is 1. The van der Waals surface area contributed by atoms with Crippen molar-refractivity contribution in [2.24, 2.45) is 0 Å². The third-order valence-corrected chi connectivity index (χ3v) is 6.37. The van der Waals surface area contributed by atoms with E-state index in [9.17, 15) is 4.79 Å². The first-order chi connectivity index (χ1) is 16.6. The van der Waals surface area contributed by atoms with Gasteiger partial charge in [-0.25, -0.2) is 4.79 Å². The van der Waals surface area contributed by atoms with Crippen molar-refractivity contribution in [3.05, 3.63) is 95.1 Å². The molecule has 1 atom stereocenters. The first-order valence-electron chi connectivity index (χ1n) is 10.7. The molecule has 0 aliphatic carbocycles. The van der Waals surface area contributed by atoms with E-state index in [0.29, 0.717) is 22.3 Å². The maximum Gasteiger partial charge on any atom is 0.337 e. The molecule has 0 spiro atoms. The molecule has 0 saturated carbocycles. The van der Waals surface area contributed by atoms with Gasteiger partial charge in [-0.05, 0) is 30.7 Å². The van der Waals surface area contributed by atoms with Gasteiger partial charge in [0.25, 0.3) is 0 Å². The maximum atomic E-state index is 11.8. The number of fused-ring (bicyclic) bond motifs is 3. The van der Waals surface area contributed by atoms with Crippen LogP contribution in [0, 0.1) is 6.92 Å². The molecule has 0 bridgehead atoms. The number of thioether (sulfide) groups is 1. The Hall–Kier alpha value is -3.91. The first kappa shape index (κ1) is 21.9. The third kappa shape index (κ3) is 4.58. The highest BCUT2D eigenvalue weighted by Crippen LogP contribution is 2.39. The minimum atomic E-state index is -0.527. The molecule has 5 rings (SSSR count). The van der Waals surface area contributed by atoms with Gasteiger partial charge in [-0.1, -0.05) is 71.9 Å². The Kier molecular flexibility index (Phi) is 6.14. The predicted molar refractivity (Wildman–Crippen MR) is 131 cm³/mol. The second-order valence-electron chi connectivity index (χ2n) is 7.82. The number of nitrogens with zero attached hydrogens (tertiary/aromatic N) is 3. The van der Waals surface area contributed by atoms with Crippen LogP contribution in [-0.2, 0) is 10.5 Å². The molecule has 3 aromatic carbocycles. The minimum absolute atomic E-state index is 0.385. The lowest BCUT2D eigenvalue weighted by Crippen LogP contribution is -2.17. The average molecular weight is 471 g/mol. The molecule has 8 heteroatoms. The van der Waals surface area contributed by atoms with E-state index >= 15 is 0 Å². The summed E-state index contributed by atoms with van der Waals surface area (Å²) in [5.41, 5.74) is 6.02. The Morgan fingerprint density at radius 3 is 2.56 bits per heavy atom. The van der Waals surface area contributed by atoms with E-state index in [0.717, 1.165) is 22.6 Å². The molecule has 170 valence electrons. The summed E-state index contributed by atoms with van der Waals surface area (Å²) in [6.45, 7) is 2.07. The number of carbonyl (C=O) groups excluding carboxylic acids is 1. The van der Waals surface area contributed by atoms with Crippen molar-refractivity contribution in [3.63, 3.8) is 0 Å². The fourth-order valence-electron chi connectivity index (χ4n) is 3.60. The molecule has 2 heterocycles. The number of rotatable bonds is 5. The van der Waals surface area contributed by atoms with Crippen LogP contribution in [0.25, 0.3) is 11.3 Å². The molecule has 1 N–H and O–H groups in total. The Morgan fingerprint density at radius 1 is 1.03 bits per heavy atom. The van der Waals surface area contributed by atoms with Gasteiger partial charge in [0.15, 0.2) is 11.9 Å². The number of aromatic nitrogens is 3. The second kappa shape index (κ2) is 9.52. The fraction of sp³-hybridized carbons (Fsp3) is 0.154. The number of benzene rings is 3. The van der Waals surface area contributed by atoms with Gasteiger partial charge < -0.3 is 14.8 Å². The van der Waals surface area contributed by atoms with Crippen LogP contribution in [0.4, 0.5) is 5.69 Å². The zero-order chi connectivity index (χ0) is 23.5. The largest absolute Gasteiger partial charge is 0.465 e. The van der Waals surface area contributed by atoms with E-state index in [4.69, 9.17) is 14.5 Å². The van der Waals surface area contributed by atoms with Gasteiger partial charge in [0.1, 0.15) is 0 Å². The lowest BCUT2D eigenvalue weighted by molar-refractivity contribution is 0.0600. The Labute approximate surface area is 201 Å². The summed E-state index contributed by atoms with van der Waals surface area (Å²) in [5, 5.41) is 12.8. The van der Waals surface area contributed by atoms with Gasteiger partial charge in [0.2, 0.25) is 11.0 Å². The minimum Gasteiger partial charge on any atom is -0.465 e. The number of hydrogen-bond acceptors (Lipinski definition) is 8. The van der Waals surface area contributed by atoms with Crippen LogP contribution in [0.2, 0.25) is 0 Å². The molecule has 0 fully saturated rings. The number of para-hydroxylation sites is 1. The molecule has 1 aliphatic rings. The van der Waals surface area contributed by atoms with Crippen LogP contribution in [0.15, 0.2) is 78.0 Å². The maximum absolute atomic E-state index is 11.8. The Balaban J connectivity index is 1.45. The van der Waals surface area contributed by atoms with E-state index in [1.54, 1.807) is 12.1 Å². The van der Waals surface area contributed by atoms with Crippen LogP contribution < -0.4 is 10.1 Å². The molecule has 1 aromatic heterocycles. The molecule has 1 unspecified atom stereocenters. The summed E-state index contributed by atoms with van der Waals surface area (Å²) in [4.78, 5) is 16.5. The van der Waals surface area contributed by atoms with Crippen LogP contribution in [0.5, 0.6) is 5.88 Å². The standard InChI is InChI=1S/C26H22N4O3S/c1-16-7-9-17(10-8-16)15-34-26-28-24-22(29-30-26)20-5-3-4-6-21(20)27-23(33-24)18-11-13-19(14-12-18)25(31)32-2/h3-14,23,27H,15H2,1-2H3. The second-order valence-corrected chi connectivity index (χ2v) is 8.77. The van der Waals surface area contributed by atoms with Gasteiger partial charge >= 0.3 is 5.97 Å². The zero-order valence-corrected chi connectivity index (χ0v) is 19.5. The average Bonchev–Trinajstić information content (AvgIpc) is 3.04. The molecule has 4 aromatic rings. The molecule has 7 nitrogen and oxygen atoms in total. The molecule has 0 amide bonds. The number of ether oxygens (including phenoxy) is 2. The van der Waals surface area contributed by atoms with Gasteiger partial charge in [0, 0.05) is 22.6 Å². The van der Waals surface area contributed by atoms with Crippen LogP contribution in [0.1, 0.15) is 33.3 Å². The van der Waals surface area contributed by atoms with Crippen molar-refractivity contribution < 1.29 is 14.3 Å². The van der Waals surface area contributed by atoms with E-state index in [1.807, 2.05) is 36.4 Å². The van der Waals surface area contributed by atoms with Gasteiger partial charge in [-0.3, -0.25) is 0 Å². The summed E-state index contributed by atoms with van der Waals surface area (Å²) < 4.78 is 11.1. The van der Waals surface area contributed by atoms with E-state index in [1.165, 1.54) is 30.0 Å². The number of carbonyl (C=O) groups is 1. The normalized spacial score (nSPS) is 14.1. The molecule has 34 heavy (non-hydrogen) atoms. The lowest BCUT2D eigenvalue weighted by atomic mass is 10.1. The SMILES string of the molecule is COC(=O)c1ccc(C2Nc3ccccc3-c3nnc(SCc4ccc(C)cc4)nc3O2)cc1. The van der Waals surface area contributed by atoms with Crippen molar-refractivity contribution in [2.75, 3.05) is 12.4 Å². The molecule has 0 radical (unpaired) electrons. The van der Waals surface area contributed by atoms with Crippen LogP contribution in [-0.4, -0.2) is 28.3 Å². The quantitative estimate of drug-likeness (QED) is 0.305. The van der Waals surface area contributed by atoms with Crippen molar-refractivity contribution in [1.82, 2.24) is 15.2 Å². The predicted octanol–water partition coefficient (Wildman–Crippen LogP) is 5.43. The topological polar surface area (TPSA) is 86.2 Å². The molecule has 0 saturated heterocycles. The zero-order valence-electron chi connectivity index (χ0n) is 18.7. The third-order valence-electron chi connectivity index (χ3n) is 5.46. The Bertz CT molecular complexity index is 1330. The number of esters is 1. The summed E-state index contributed by atoms with van der Waals surface area (Å²) in [5.74, 6) is 0.749. The first-order valence-corrected chi connectivity index (χ1v) is 11.7. The monoisotopic (exact) mass is 470 g/mol. The van der Waals surface area contributed by atoms with Crippen molar-refractivity contribution >= 4 is 23.4 Å². The van der Waals surface area contributed by atoms with Gasteiger partial charge in [-0.15, -0.1) is 10.2 Å². The highest BCUT2D eigenvalue weighted by molar-refractivity contribution is 7.98. The van der Waals surface area contributed by atoms with E-state index in [-0.39, 0.29) is 5.97 Å². The summed E-state index contributed by atoms with van der Waals surface area (Å²) >= 11 is 1.51. The number of aryl methyl sites for hydroxylation is 1. The van der Waals surface area contributed by atoms with E-state index in [2.05, 4.69) is 46.7 Å². The highest BCUT2D eigenvalue weighted by atomic mass is 32.2. The van der Waals surface area contributed by atoms with E-state index < -0.39 is 6.23 Å². The van der Waals surface area contributed by atoms with Crippen molar-refractivity contribution in [1.29, 1.82) is 0 Å². The smallest absolute Gasteiger partial charge is 0.337 e. The Morgan fingerprint density at radius 2 is 1.79 bits per heavy atom. The molecular weight excluding hydrogens is 448 g/mol.